The van der Waals surface area contributed by atoms with Crippen LogP contribution < -0.4 is 13.8 Å². The molecule has 0 radical (unpaired) electrons. The van der Waals surface area contributed by atoms with Crippen LogP contribution in [0.3, 0.4) is 0 Å². The van der Waals surface area contributed by atoms with E-state index in [9.17, 15) is 21.6 Å². The predicted octanol–water partition coefficient (Wildman–Crippen LogP) is 4.22. The van der Waals surface area contributed by atoms with Crippen LogP contribution in [-0.2, 0) is 22.7 Å². The number of benzene rings is 2. The highest BCUT2D eigenvalue weighted by atomic mass is 32.2. The van der Waals surface area contributed by atoms with Crippen LogP contribution in [0.4, 0.5) is 19.0 Å². The first-order valence-corrected chi connectivity index (χ1v) is 10.7. The molecule has 0 saturated heterocycles. The Hall–Kier alpha value is -3.34. The third-order valence-corrected chi connectivity index (χ3v) is 6.48. The Morgan fingerprint density at radius 3 is 2.38 bits per heavy atom. The molecule has 1 heterocycles. The van der Waals surface area contributed by atoms with Gasteiger partial charge in [0, 0.05) is 23.9 Å². The number of aromatic nitrogens is 2. The molecule has 0 unspecified atom stereocenters. The monoisotopic (exact) mass is 467 g/mol. The van der Waals surface area contributed by atoms with Crippen molar-refractivity contribution in [3.63, 3.8) is 0 Å². The lowest BCUT2D eigenvalue weighted by atomic mass is 10.1. The zero-order chi connectivity index (χ0) is 23.5. The Labute approximate surface area is 183 Å². The molecule has 0 atom stereocenters. The van der Waals surface area contributed by atoms with Gasteiger partial charge in [0.1, 0.15) is 23.6 Å². The van der Waals surface area contributed by atoms with Gasteiger partial charge in [-0.05, 0) is 36.8 Å². The van der Waals surface area contributed by atoms with Crippen LogP contribution in [0.25, 0.3) is 0 Å². The van der Waals surface area contributed by atoms with Crippen molar-refractivity contribution in [1.82, 2.24) is 9.97 Å². The third-order valence-electron chi connectivity index (χ3n) is 4.73. The lowest BCUT2D eigenvalue weighted by Gasteiger charge is -2.25. The Bertz CT molecular complexity index is 1200. The van der Waals surface area contributed by atoms with Gasteiger partial charge in [0.2, 0.25) is 0 Å². The van der Waals surface area contributed by atoms with Crippen molar-refractivity contribution in [2.45, 2.75) is 24.5 Å². The number of methoxy groups -OCH3 is 2. The number of hydrogen-bond acceptors (Lipinski definition) is 6. The van der Waals surface area contributed by atoms with Crippen molar-refractivity contribution in [2.24, 2.45) is 0 Å². The fraction of sp³-hybridized carbons (Fsp3) is 0.238. The molecule has 1 aromatic heterocycles. The van der Waals surface area contributed by atoms with Crippen LogP contribution in [0.2, 0.25) is 0 Å². The quantitative estimate of drug-likeness (QED) is 0.518. The van der Waals surface area contributed by atoms with Gasteiger partial charge in [0.05, 0.1) is 31.2 Å². The molecule has 0 aliphatic carbocycles. The van der Waals surface area contributed by atoms with Crippen LogP contribution in [0.1, 0.15) is 16.7 Å². The second-order valence-electron chi connectivity index (χ2n) is 6.73. The van der Waals surface area contributed by atoms with Gasteiger partial charge in [0.15, 0.2) is 0 Å². The Morgan fingerprint density at radius 2 is 1.78 bits per heavy atom. The summed E-state index contributed by atoms with van der Waals surface area (Å²) in [7, 11) is -1.55. The SMILES string of the molecule is COc1ccc(CN(c2ccncn2)S(=O)(=O)c2ccc(C)c(C(F)(F)F)c2)c(OC)c1. The summed E-state index contributed by atoms with van der Waals surface area (Å²) in [6, 6.07) is 9.05. The number of nitrogens with zero attached hydrogens (tertiary/aromatic N) is 3. The largest absolute Gasteiger partial charge is 0.497 e. The minimum Gasteiger partial charge on any atom is -0.497 e. The molecule has 0 saturated carbocycles. The standard InChI is InChI=1S/C21H20F3N3O4S/c1-14-4-7-17(11-18(14)21(22,23)24)32(28,29)27(20-8-9-25-13-26-20)12-15-5-6-16(30-2)10-19(15)31-3/h4-11,13H,12H2,1-3H3. The normalized spacial score (nSPS) is 11.8. The van der Waals surface area contributed by atoms with E-state index in [-0.39, 0.29) is 17.9 Å². The number of sulfonamides is 1. The lowest BCUT2D eigenvalue weighted by Crippen LogP contribution is -2.31. The van der Waals surface area contributed by atoms with Crippen molar-refractivity contribution in [3.8, 4) is 11.5 Å². The molecule has 0 aliphatic heterocycles. The van der Waals surface area contributed by atoms with Crippen molar-refractivity contribution in [2.75, 3.05) is 18.5 Å². The van der Waals surface area contributed by atoms with Crippen LogP contribution in [0.15, 0.2) is 59.9 Å². The molecule has 3 rings (SSSR count). The van der Waals surface area contributed by atoms with Crippen LogP contribution >= 0.6 is 0 Å². The van der Waals surface area contributed by atoms with Gasteiger partial charge in [-0.3, -0.25) is 0 Å². The van der Waals surface area contributed by atoms with E-state index in [1.54, 1.807) is 18.2 Å². The molecule has 3 aromatic rings. The highest BCUT2D eigenvalue weighted by Crippen LogP contribution is 2.35. The molecule has 7 nitrogen and oxygen atoms in total. The third kappa shape index (κ3) is 4.77. The van der Waals surface area contributed by atoms with E-state index < -0.39 is 26.7 Å². The van der Waals surface area contributed by atoms with Gasteiger partial charge >= 0.3 is 6.18 Å². The number of alkyl halides is 3. The average Bonchev–Trinajstić information content (AvgIpc) is 2.77. The highest BCUT2D eigenvalue weighted by molar-refractivity contribution is 7.92. The van der Waals surface area contributed by atoms with E-state index in [1.807, 2.05) is 0 Å². The van der Waals surface area contributed by atoms with Crippen LogP contribution in [0.5, 0.6) is 11.5 Å². The van der Waals surface area contributed by atoms with E-state index in [0.717, 1.165) is 22.8 Å². The smallest absolute Gasteiger partial charge is 0.416 e. The molecule has 11 heteroatoms. The van der Waals surface area contributed by atoms with E-state index in [1.165, 1.54) is 33.4 Å². The maximum absolute atomic E-state index is 13.5. The Morgan fingerprint density at radius 1 is 1.03 bits per heavy atom. The van der Waals surface area contributed by atoms with Crippen molar-refractivity contribution in [3.05, 3.63) is 71.7 Å². The first-order valence-electron chi connectivity index (χ1n) is 9.25. The zero-order valence-corrected chi connectivity index (χ0v) is 18.2. The summed E-state index contributed by atoms with van der Waals surface area (Å²) in [6.07, 6.45) is -2.21. The molecule has 0 bridgehead atoms. The second-order valence-corrected chi connectivity index (χ2v) is 8.59. The van der Waals surface area contributed by atoms with Crippen molar-refractivity contribution < 1.29 is 31.1 Å². The summed E-state index contributed by atoms with van der Waals surface area (Å²) in [5.41, 5.74) is -0.649. The molecule has 0 aliphatic rings. The van der Waals surface area contributed by atoms with Gasteiger partial charge in [-0.1, -0.05) is 6.07 Å². The summed E-state index contributed by atoms with van der Waals surface area (Å²) in [4.78, 5) is 7.26. The van der Waals surface area contributed by atoms with Gasteiger partial charge < -0.3 is 9.47 Å². The number of rotatable bonds is 7. The molecule has 32 heavy (non-hydrogen) atoms. The first kappa shape index (κ1) is 23.3. The van der Waals surface area contributed by atoms with Gasteiger partial charge in [-0.2, -0.15) is 13.2 Å². The summed E-state index contributed by atoms with van der Waals surface area (Å²) in [5.74, 6) is 0.834. The van der Waals surface area contributed by atoms with E-state index in [2.05, 4.69) is 9.97 Å². The molecule has 2 aromatic carbocycles. The van der Waals surface area contributed by atoms with Gasteiger partial charge in [0.25, 0.3) is 10.0 Å². The fourth-order valence-corrected chi connectivity index (χ4v) is 4.48. The minimum atomic E-state index is -4.70. The second kappa shape index (κ2) is 9.03. The maximum atomic E-state index is 13.5. The van der Waals surface area contributed by atoms with Gasteiger partial charge in [-0.25, -0.2) is 22.7 Å². The molecular weight excluding hydrogens is 447 g/mol. The number of hydrogen-bond donors (Lipinski definition) is 0. The number of ether oxygens (including phenoxy) is 2. The zero-order valence-electron chi connectivity index (χ0n) is 17.4. The van der Waals surface area contributed by atoms with Crippen LogP contribution in [-0.4, -0.2) is 32.6 Å². The predicted molar refractivity (Wildman–Crippen MR) is 111 cm³/mol. The molecule has 170 valence electrons. The van der Waals surface area contributed by atoms with Crippen LogP contribution in [0, 0.1) is 6.92 Å². The number of aryl methyl sites for hydroxylation is 1. The number of halogens is 3. The van der Waals surface area contributed by atoms with E-state index in [4.69, 9.17) is 9.47 Å². The lowest BCUT2D eigenvalue weighted by molar-refractivity contribution is -0.138. The van der Waals surface area contributed by atoms with E-state index in [0.29, 0.717) is 23.1 Å². The summed E-state index contributed by atoms with van der Waals surface area (Å²) >= 11 is 0. The summed E-state index contributed by atoms with van der Waals surface area (Å²) in [5, 5.41) is 0. The summed E-state index contributed by atoms with van der Waals surface area (Å²) in [6.45, 7) is 1.02. The minimum absolute atomic E-state index is 0.00740. The first-order chi connectivity index (χ1) is 15.1. The number of anilines is 1. The molecule has 0 fully saturated rings. The van der Waals surface area contributed by atoms with Crippen molar-refractivity contribution in [1.29, 1.82) is 0 Å². The Balaban J connectivity index is 2.14. The molecule has 0 spiro atoms. The molecule has 0 N–H and O–H groups in total. The maximum Gasteiger partial charge on any atom is 0.416 e. The van der Waals surface area contributed by atoms with E-state index >= 15 is 0 Å². The van der Waals surface area contributed by atoms with Gasteiger partial charge in [-0.15, -0.1) is 0 Å². The topological polar surface area (TPSA) is 81.6 Å². The molecular formula is C21H20F3N3O4S. The highest BCUT2D eigenvalue weighted by Gasteiger charge is 2.35. The molecule has 0 amide bonds. The van der Waals surface area contributed by atoms with Crippen molar-refractivity contribution >= 4 is 15.8 Å². The fourth-order valence-electron chi connectivity index (χ4n) is 3.05. The summed E-state index contributed by atoms with van der Waals surface area (Å²) < 4.78 is 78.6. The Kier molecular flexibility index (Phi) is 6.58. The average molecular weight is 467 g/mol.